The van der Waals surface area contributed by atoms with Gasteiger partial charge in [0.05, 0.1) is 0 Å². The summed E-state index contributed by atoms with van der Waals surface area (Å²) >= 11 is 0. The molecule has 3 aromatic carbocycles. The topological polar surface area (TPSA) is 27.7 Å². The molecule has 0 atom stereocenters. The molecule has 4 rings (SSSR count). The molecule has 0 unspecified atom stereocenters. The van der Waals surface area contributed by atoms with E-state index in [0.717, 1.165) is 58.2 Å². The van der Waals surface area contributed by atoms with Crippen LogP contribution in [0.2, 0.25) is 0 Å². The fourth-order valence-corrected chi connectivity index (χ4v) is 4.05. The zero-order chi connectivity index (χ0) is 19.9. The third kappa shape index (κ3) is 5.57. The van der Waals surface area contributed by atoms with Crippen LogP contribution in [-0.2, 0) is 13.1 Å². The van der Waals surface area contributed by atoms with Gasteiger partial charge in [-0.2, -0.15) is 0 Å². The number of piperazine rings is 1. The lowest BCUT2D eigenvalue weighted by Gasteiger charge is -2.27. The first-order valence-electron chi connectivity index (χ1n) is 10.6. The quantitative estimate of drug-likeness (QED) is 0.635. The number of nitrogens with one attached hydrogen (secondary N) is 1. The highest BCUT2D eigenvalue weighted by Crippen LogP contribution is 2.21. The van der Waals surface area contributed by atoms with Crippen molar-refractivity contribution in [2.24, 2.45) is 0 Å². The minimum absolute atomic E-state index is 0.745. The Balaban J connectivity index is 1.32. The molecule has 1 N–H and O–H groups in total. The van der Waals surface area contributed by atoms with Crippen molar-refractivity contribution in [3.05, 3.63) is 77.9 Å². The van der Waals surface area contributed by atoms with Crippen molar-refractivity contribution in [2.75, 3.05) is 46.4 Å². The number of rotatable bonds is 8. The summed E-state index contributed by atoms with van der Waals surface area (Å²) in [6, 6.07) is 23.7. The fraction of sp³-hybridized carbons (Fsp3) is 0.360. The summed E-state index contributed by atoms with van der Waals surface area (Å²) in [5, 5.41) is 6.03. The van der Waals surface area contributed by atoms with Gasteiger partial charge in [-0.3, -0.25) is 9.80 Å². The normalized spacial score (nSPS) is 15.1. The van der Waals surface area contributed by atoms with E-state index in [1.807, 2.05) is 0 Å². The minimum Gasteiger partial charge on any atom is -0.492 e. The minimum atomic E-state index is 0.745. The van der Waals surface area contributed by atoms with Crippen LogP contribution in [0.3, 0.4) is 0 Å². The van der Waals surface area contributed by atoms with Gasteiger partial charge in [0.2, 0.25) is 0 Å². The predicted octanol–water partition coefficient (Wildman–Crippen LogP) is 3.76. The second kappa shape index (κ2) is 9.88. The lowest BCUT2D eigenvalue weighted by Crippen LogP contribution is -2.44. The third-order valence-corrected chi connectivity index (χ3v) is 5.56. The van der Waals surface area contributed by atoms with Gasteiger partial charge < -0.3 is 10.1 Å². The number of hydrogen-bond donors (Lipinski definition) is 1. The van der Waals surface area contributed by atoms with E-state index in [0.29, 0.717) is 0 Å². The summed E-state index contributed by atoms with van der Waals surface area (Å²) in [5.41, 5.74) is 2.65. The van der Waals surface area contributed by atoms with Gasteiger partial charge in [0.15, 0.2) is 0 Å². The molecule has 0 bridgehead atoms. The molecule has 1 fully saturated rings. The standard InChI is InChI=1S/C25H31N3O/c1-27(20-23-9-5-8-22-7-2-3-11-25(22)23)19-21-6-4-10-24(18-21)29-17-16-28-14-12-26-13-15-28/h2-11,18,26H,12-17,19-20H2,1H3. The van der Waals surface area contributed by atoms with Crippen LogP contribution < -0.4 is 10.1 Å². The first-order chi connectivity index (χ1) is 14.3. The lowest BCUT2D eigenvalue weighted by molar-refractivity contribution is 0.191. The van der Waals surface area contributed by atoms with E-state index in [4.69, 9.17) is 4.74 Å². The van der Waals surface area contributed by atoms with E-state index < -0.39 is 0 Å². The van der Waals surface area contributed by atoms with E-state index in [1.54, 1.807) is 0 Å². The van der Waals surface area contributed by atoms with Crippen molar-refractivity contribution < 1.29 is 4.74 Å². The van der Waals surface area contributed by atoms with Gasteiger partial charge >= 0.3 is 0 Å². The average Bonchev–Trinajstić information content (AvgIpc) is 2.75. The molecule has 0 amide bonds. The summed E-state index contributed by atoms with van der Waals surface area (Å²) in [4.78, 5) is 4.82. The highest BCUT2D eigenvalue weighted by molar-refractivity contribution is 5.85. The molecular weight excluding hydrogens is 358 g/mol. The number of ether oxygens (including phenoxy) is 1. The van der Waals surface area contributed by atoms with Crippen molar-refractivity contribution in [2.45, 2.75) is 13.1 Å². The van der Waals surface area contributed by atoms with E-state index >= 15 is 0 Å². The van der Waals surface area contributed by atoms with Gasteiger partial charge in [-0.05, 0) is 41.1 Å². The highest BCUT2D eigenvalue weighted by Gasteiger charge is 2.09. The van der Waals surface area contributed by atoms with Crippen LogP contribution in [0.15, 0.2) is 66.7 Å². The van der Waals surface area contributed by atoms with E-state index in [2.05, 4.69) is 88.9 Å². The molecule has 3 aromatic rings. The molecule has 0 radical (unpaired) electrons. The van der Waals surface area contributed by atoms with Gasteiger partial charge in [0, 0.05) is 45.8 Å². The first-order valence-corrected chi connectivity index (χ1v) is 10.6. The maximum Gasteiger partial charge on any atom is 0.119 e. The fourth-order valence-electron chi connectivity index (χ4n) is 4.05. The maximum absolute atomic E-state index is 6.03. The summed E-state index contributed by atoms with van der Waals surface area (Å²) in [6.07, 6.45) is 0. The van der Waals surface area contributed by atoms with Crippen LogP contribution in [-0.4, -0.2) is 56.2 Å². The Bertz CT molecular complexity index is 915. The largest absolute Gasteiger partial charge is 0.492 e. The molecule has 0 spiro atoms. The van der Waals surface area contributed by atoms with Crippen molar-refractivity contribution in [1.82, 2.24) is 15.1 Å². The molecule has 29 heavy (non-hydrogen) atoms. The van der Waals surface area contributed by atoms with E-state index in [-0.39, 0.29) is 0 Å². The molecule has 1 aliphatic rings. The van der Waals surface area contributed by atoms with E-state index in [9.17, 15) is 0 Å². The molecule has 0 aliphatic carbocycles. The molecule has 1 saturated heterocycles. The summed E-state index contributed by atoms with van der Waals surface area (Å²) in [6.45, 7) is 7.96. The maximum atomic E-state index is 6.03. The number of fused-ring (bicyclic) bond motifs is 1. The first kappa shape index (κ1) is 19.9. The Kier molecular flexibility index (Phi) is 6.78. The number of hydrogen-bond acceptors (Lipinski definition) is 4. The van der Waals surface area contributed by atoms with Gasteiger partial charge in [-0.1, -0.05) is 54.6 Å². The van der Waals surface area contributed by atoms with Crippen LogP contribution in [0, 0.1) is 0 Å². The monoisotopic (exact) mass is 389 g/mol. The van der Waals surface area contributed by atoms with Crippen LogP contribution in [0.4, 0.5) is 0 Å². The lowest BCUT2D eigenvalue weighted by atomic mass is 10.0. The van der Waals surface area contributed by atoms with Crippen LogP contribution >= 0.6 is 0 Å². The van der Waals surface area contributed by atoms with E-state index in [1.165, 1.54) is 21.9 Å². The molecule has 0 aromatic heterocycles. The Morgan fingerprint density at radius 3 is 2.62 bits per heavy atom. The molecular formula is C25H31N3O. The molecule has 4 nitrogen and oxygen atoms in total. The number of benzene rings is 3. The van der Waals surface area contributed by atoms with Crippen molar-refractivity contribution in [1.29, 1.82) is 0 Å². The average molecular weight is 390 g/mol. The predicted molar refractivity (Wildman–Crippen MR) is 120 cm³/mol. The Morgan fingerprint density at radius 2 is 1.72 bits per heavy atom. The Morgan fingerprint density at radius 1 is 0.931 bits per heavy atom. The van der Waals surface area contributed by atoms with Crippen molar-refractivity contribution in [3.8, 4) is 5.75 Å². The Hall–Kier alpha value is -2.40. The second-order valence-electron chi connectivity index (χ2n) is 7.90. The second-order valence-corrected chi connectivity index (χ2v) is 7.90. The highest BCUT2D eigenvalue weighted by atomic mass is 16.5. The summed E-state index contributed by atoms with van der Waals surface area (Å²) in [7, 11) is 2.18. The van der Waals surface area contributed by atoms with Crippen LogP contribution in [0.5, 0.6) is 5.75 Å². The summed E-state index contributed by atoms with van der Waals surface area (Å²) in [5.74, 6) is 0.969. The van der Waals surface area contributed by atoms with Crippen LogP contribution in [0.25, 0.3) is 10.8 Å². The summed E-state index contributed by atoms with van der Waals surface area (Å²) < 4.78 is 6.03. The zero-order valence-corrected chi connectivity index (χ0v) is 17.3. The molecule has 4 heteroatoms. The Labute approximate surface area is 174 Å². The van der Waals surface area contributed by atoms with Crippen molar-refractivity contribution >= 4 is 10.8 Å². The molecule has 1 heterocycles. The smallest absolute Gasteiger partial charge is 0.119 e. The van der Waals surface area contributed by atoms with Gasteiger partial charge in [0.1, 0.15) is 12.4 Å². The molecule has 0 saturated carbocycles. The molecule has 1 aliphatic heterocycles. The third-order valence-electron chi connectivity index (χ3n) is 5.56. The molecule has 152 valence electrons. The SMILES string of the molecule is CN(Cc1cccc(OCCN2CCNCC2)c1)Cc1cccc2ccccc12. The zero-order valence-electron chi connectivity index (χ0n) is 17.3. The number of nitrogens with zero attached hydrogens (tertiary/aromatic N) is 2. The van der Waals surface area contributed by atoms with Gasteiger partial charge in [0.25, 0.3) is 0 Å². The van der Waals surface area contributed by atoms with Gasteiger partial charge in [-0.15, -0.1) is 0 Å². The van der Waals surface area contributed by atoms with Crippen LogP contribution in [0.1, 0.15) is 11.1 Å². The van der Waals surface area contributed by atoms with Gasteiger partial charge in [-0.25, -0.2) is 0 Å². The van der Waals surface area contributed by atoms with Crippen molar-refractivity contribution in [3.63, 3.8) is 0 Å².